The Morgan fingerprint density at radius 1 is 1.45 bits per heavy atom. The maximum Gasteiger partial charge on any atom is 0.320 e. The third kappa shape index (κ3) is 4.11. The zero-order valence-corrected chi connectivity index (χ0v) is 13.1. The third-order valence-corrected chi connectivity index (χ3v) is 3.99. The highest BCUT2D eigenvalue weighted by atomic mass is 16.5. The molecule has 1 fully saturated rings. The van der Waals surface area contributed by atoms with Crippen molar-refractivity contribution in [1.82, 2.24) is 4.90 Å². The molecule has 1 saturated heterocycles. The smallest absolute Gasteiger partial charge is 0.320 e. The van der Waals surface area contributed by atoms with Gasteiger partial charge in [-0.2, -0.15) is 0 Å². The first kappa shape index (κ1) is 16.6. The van der Waals surface area contributed by atoms with Crippen LogP contribution in [0.5, 0.6) is 11.5 Å². The number of ether oxygens (including phenoxy) is 2. The summed E-state index contributed by atoms with van der Waals surface area (Å²) in [6.45, 7) is 1.98. The summed E-state index contributed by atoms with van der Waals surface area (Å²) in [5.41, 5.74) is 6.43. The molecule has 1 aromatic carbocycles. The first-order valence-corrected chi connectivity index (χ1v) is 7.50. The van der Waals surface area contributed by atoms with Crippen molar-refractivity contribution in [2.75, 3.05) is 27.2 Å². The van der Waals surface area contributed by atoms with Crippen molar-refractivity contribution >= 4 is 5.97 Å². The van der Waals surface area contributed by atoms with Crippen LogP contribution in [0.4, 0.5) is 0 Å². The molecule has 1 atom stereocenters. The Labute approximate surface area is 130 Å². The van der Waals surface area contributed by atoms with Crippen LogP contribution in [0.2, 0.25) is 0 Å². The zero-order chi connectivity index (χ0) is 16.1. The van der Waals surface area contributed by atoms with Gasteiger partial charge in [0, 0.05) is 25.1 Å². The van der Waals surface area contributed by atoms with Gasteiger partial charge in [0.25, 0.3) is 0 Å². The van der Waals surface area contributed by atoms with Crippen LogP contribution >= 0.6 is 0 Å². The highest BCUT2D eigenvalue weighted by Crippen LogP contribution is 2.34. The monoisotopic (exact) mass is 308 g/mol. The fraction of sp³-hybridized carbons (Fsp3) is 0.562. The lowest BCUT2D eigenvalue weighted by molar-refractivity contribution is -0.138. The van der Waals surface area contributed by atoms with Crippen LogP contribution in [-0.2, 0) is 11.2 Å². The van der Waals surface area contributed by atoms with Crippen molar-refractivity contribution in [3.8, 4) is 11.5 Å². The molecular weight excluding hydrogens is 284 g/mol. The molecule has 1 aromatic rings. The van der Waals surface area contributed by atoms with Crippen LogP contribution in [0.3, 0.4) is 0 Å². The molecule has 1 aliphatic rings. The minimum Gasteiger partial charge on any atom is -0.493 e. The van der Waals surface area contributed by atoms with Gasteiger partial charge in [-0.15, -0.1) is 0 Å². The standard InChI is InChI=1S/C16H24N2O4/c1-18-8-6-12(7-9-18)22-15-11(10-13(17)16(19)20)4-3-5-14(15)21-2/h3-5,12-13H,6-10,17H2,1-2H3,(H,19,20). The molecule has 22 heavy (non-hydrogen) atoms. The van der Waals surface area contributed by atoms with Crippen molar-refractivity contribution < 1.29 is 19.4 Å². The van der Waals surface area contributed by atoms with Crippen LogP contribution in [0.25, 0.3) is 0 Å². The molecule has 1 unspecified atom stereocenters. The van der Waals surface area contributed by atoms with Gasteiger partial charge in [-0.05, 0) is 26.0 Å². The van der Waals surface area contributed by atoms with Gasteiger partial charge in [-0.1, -0.05) is 12.1 Å². The van der Waals surface area contributed by atoms with E-state index in [2.05, 4.69) is 11.9 Å². The molecule has 0 amide bonds. The van der Waals surface area contributed by atoms with Crippen LogP contribution in [0, 0.1) is 0 Å². The Morgan fingerprint density at radius 2 is 2.14 bits per heavy atom. The number of carbonyl (C=O) groups is 1. The molecule has 6 nitrogen and oxygen atoms in total. The number of carboxylic acids is 1. The lowest BCUT2D eigenvalue weighted by Crippen LogP contribution is -2.36. The second-order valence-corrected chi connectivity index (χ2v) is 5.72. The van der Waals surface area contributed by atoms with Crippen molar-refractivity contribution in [3.63, 3.8) is 0 Å². The Kier molecular flexibility index (Phi) is 5.63. The number of methoxy groups -OCH3 is 1. The van der Waals surface area contributed by atoms with Crippen LogP contribution < -0.4 is 15.2 Å². The first-order valence-electron chi connectivity index (χ1n) is 7.50. The quantitative estimate of drug-likeness (QED) is 0.819. The average molecular weight is 308 g/mol. The van der Waals surface area contributed by atoms with Gasteiger partial charge in [-0.25, -0.2) is 0 Å². The fourth-order valence-corrected chi connectivity index (χ4v) is 2.61. The summed E-state index contributed by atoms with van der Waals surface area (Å²) in [5.74, 6) is 0.221. The molecule has 0 bridgehead atoms. The molecule has 3 N–H and O–H groups in total. The molecule has 2 rings (SSSR count). The summed E-state index contributed by atoms with van der Waals surface area (Å²) < 4.78 is 11.5. The molecule has 0 radical (unpaired) electrons. The molecule has 0 aliphatic carbocycles. The predicted octanol–water partition coefficient (Wildman–Crippen LogP) is 1.12. The maximum atomic E-state index is 11.0. The van der Waals surface area contributed by atoms with E-state index in [1.165, 1.54) is 0 Å². The number of hydrogen-bond acceptors (Lipinski definition) is 5. The molecule has 1 heterocycles. The fourth-order valence-electron chi connectivity index (χ4n) is 2.61. The normalized spacial score (nSPS) is 18.0. The second-order valence-electron chi connectivity index (χ2n) is 5.72. The predicted molar refractivity (Wildman–Crippen MR) is 83.5 cm³/mol. The van der Waals surface area contributed by atoms with Gasteiger partial charge < -0.3 is 25.2 Å². The van der Waals surface area contributed by atoms with Gasteiger partial charge in [-0.3, -0.25) is 4.79 Å². The summed E-state index contributed by atoms with van der Waals surface area (Å²) in [6, 6.07) is 4.53. The van der Waals surface area contributed by atoms with E-state index in [0.717, 1.165) is 31.5 Å². The van der Waals surface area contributed by atoms with E-state index >= 15 is 0 Å². The lowest BCUT2D eigenvalue weighted by atomic mass is 10.0. The largest absolute Gasteiger partial charge is 0.493 e. The number of carboxylic acid groups (broad SMARTS) is 1. The molecule has 6 heteroatoms. The van der Waals surface area contributed by atoms with Gasteiger partial charge >= 0.3 is 5.97 Å². The van der Waals surface area contributed by atoms with Crippen molar-refractivity contribution in [3.05, 3.63) is 23.8 Å². The Hall–Kier alpha value is -1.79. The highest BCUT2D eigenvalue weighted by Gasteiger charge is 2.23. The van der Waals surface area contributed by atoms with E-state index in [1.807, 2.05) is 18.2 Å². The van der Waals surface area contributed by atoms with Crippen LogP contribution in [-0.4, -0.2) is 55.4 Å². The molecule has 1 aliphatic heterocycles. The second kappa shape index (κ2) is 7.47. The van der Waals surface area contributed by atoms with E-state index in [0.29, 0.717) is 11.5 Å². The maximum absolute atomic E-state index is 11.0. The van der Waals surface area contributed by atoms with E-state index in [1.54, 1.807) is 7.11 Å². The SMILES string of the molecule is COc1cccc(CC(N)C(=O)O)c1OC1CCN(C)CC1. The number of aliphatic carboxylic acids is 1. The highest BCUT2D eigenvalue weighted by molar-refractivity contribution is 5.73. The van der Waals surface area contributed by atoms with Gasteiger partial charge in [0.1, 0.15) is 12.1 Å². The minimum absolute atomic E-state index is 0.118. The Bertz CT molecular complexity index is 513. The number of nitrogens with zero attached hydrogens (tertiary/aromatic N) is 1. The van der Waals surface area contributed by atoms with Gasteiger partial charge in [0.15, 0.2) is 11.5 Å². The van der Waals surface area contributed by atoms with E-state index in [9.17, 15) is 4.79 Å². The van der Waals surface area contributed by atoms with E-state index in [-0.39, 0.29) is 12.5 Å². The van der Waals surface area contributed by atoms with Crippen LogP contribution in [0.1, 0.15) is 18.4 Å². The molecule has 0 saturated carbocycles. The average Bonchev–Trinajstić information content (AvgIpc) is 2.50. The number of hydrogen-bond donors (Lipinski definition) is 2. The third-order valence-electron chi connectivity index (χ3n) is 3.99. The Morgan fingerprint density at radius 3 is 2.73 bits per heavy atom. The summed E-state index contributed by atoms with van der Waals surface area (Å²) in [5, 5.41) is 9.01. The van der Waals surface area contributed by atoms with Gasteiger partial charge in [0.2, 0.25) is 0 Å². The summed E-state index contributed by atoms with van der Waals surface area (Å²) in [4.78, 5) is 13.3. The lowest BCUT2D eigenvalue weighted by Gasteiger charge is -2.30. The van der Waals surface area contributed by atoms with E-state index in [4.69, 9.17) is 20.3 Å². The number of likely N-dealkylation sites (tertiary alicyclic amines) is 1. The molecular formula is C16H24N2O4. The van der Waals surface area contributed by atoms with E-state index < -0.39 is 12.0 Å². The first-order chi connectivity index (χ1) is 10.5. The number of piperidine rings is 1. The summed E-state index contributed by atoms with van der Waals surface area (Å²) in [7, 11) is 3.67. The number of rotatable bonds is 6. The van der Waals surface area contributed by atoms with Crippen molar-refractivity contribution in [1.29, 1.82) is 0 Å². The zero-order valence-electron chi connectivity index (χ0n) is 13.1. The number of nitrogens with two attached hydrogens (primary N) is 1. The topological polar surface area (TPSA) is 85.0 Å². The van der Waals surface area contributed by atoms with Crippen molar-refractivity contribution in [2.45, 2.75) is 31.4 Å². The minimum atomic E-state index is -1.02. The molecule has 0 aromatic heterocycles. The number of para-hydroxylation sites is 1. The van der Waals surface area contributed by atoms with Crippen molar-refractivity contribution in [2.24, 2.45) is 5.73 Å². The van der Waals surface area contributed by atoms with Gasteiger partial charge in [0.05, 0.1) is 7.11 Å². The number of benzene rings is 1. The van der Waals surface area contributed by atoms with Crippen LogP contribution in [0.15, 0.2) is 18.2 Å². The molecule has 0 spiro atoms. The summed E-state index contributed by atoms with van der Waals surface area (Å²) in [6.07, 6.45) is 2.22. The molecule has 122 valence electrons. The summed E-state index contributed by atoms with van der Waals surface area (Å²) >= 11 is 0. The Balaban J connectivity index is 2.17.